The lowest BCUT2D eigenvalue weighted by Crippen LogP contribution is -2.50. The quantitative estimate of drug-likeness (QED) is 0.713. The molecule has 0 aromatic heterocycles. The van der Waals surface area contributed by atoms with Crippen LogP contribution in [0.25, 0.3) is 0 Å². The fourth-order valence-electron chi connectivity index (χ4n) is 3.61. The molecule has 0 saturated heterocycles. The van der Waals surface area contributed by atoms with E-state index >= 15 is 0 Å². The van der Waals surface area contributed by atoms with Crippen molar-refractivity contribution in [2.24, 2.45) is 11.3 Å². The van der Waals surface area contributed by atoms with Crippen LogP contribution in [0.4, 0.5) is 0 Å². The van der Waals surface area contributed by atoms with Crippen LogP contribution < -0.4 is 5.32 Å². The zero-order valence-electron chi connectivity index (χ0n) is 12.8. The summed E-state index contributed by atoms with van der Waals surface area (Å²) in [5, 5.41) is 3.77. The molecule has 0 amide bonds. The van der Waals surface area contributed by atoms with Crippen LogP contribution in [0.2, 0.25) is 0 Å². The van der Waals surface area contributed by atoms with Gasteiger partial charge in [-0.3, -0.25) is 0 Å². The predicted octanol–water partition coefficient (Wildman–Crippen LogP) is 4.68. The second kappa shape index (κ2) is 5.36. The van der Waals surface area contributed by atoms with Crippen LogP contribution >= 0.6 is 0 Å². The van der Waals surface area contributed by atoms with E-state index in [4.69, 9.17) is 0 Å². The maximum atomic E-state index is 3.77. The average Bonchev–Trinajstić information content (AvgIpc) is 2.28. The van der Waals surface area contributed by atoms with Crippen LogP contribution in [0.1, 0.15) is 72.6 Å². The zero-order chi connectivity index (χ0) is 13.2. The third kappa shape index (κ3) is 3.17. The van der Waals surface area contributed by atoms with Gasteiger partial charge in [0.05, 0.1) is 0 Å². The molecule has 0 aromatic rings. The molecule has 2 rings (SSSR count). The minimum absolute atomic E-state index is 0.250. The highest BCUT2D eigenvalue weighted by Crippen LogP contribution is 2.53. The second-order valence-corrected chi connectivity index (χ2v) is 7.54. The van der Waals surface area contributed by atoms with Gasteiger partial charge in [-0.05, 0) is 65.2 Å². The Morgan fingerprint density at radius 1 is 1.28 bits per heavy atom. The van der Waals surface area contributed by atoms with Crippen LogP contribution in [0, 0.1) is 11.3 Å². The standard InChI is InChI=1S/C17H31N/c1-5-14-11-17(12-14,13-18-16(2,3)4)15-9-7-6-8-10-15/h9,14,18H,5-8,10-13H2,1-4H3. The monoisotopic (exact) mass is 249 g/mol. The molecule has 0 bridgehead atoms. The molecule has 0 aromatic carbocycles. The van der Waals surface area contributed by atoms with Gasteiger partial charge < -0.3 is 5.32 Å². The molecule has 0 heterocycles. The molecule has 1 heteroatoms. The topological polar surface area (TPSA) is 12.0 Å². The van der Waals surface area contributed by atoms with Crippen molar-refractivity contribution in [2.45, 2.75) is 78.2 Å². The summed E-state index contributed by atoms with van der Waals surface area (Å²) in [6.07, 6.45) is 12.3. The molecule has 104 valence electrons. The summed E-state index contributed by atoms with van der Waals surface area (Å²) in [4.78, 5) is 0. The first kappa shape index (κ1) is 14.1. The molecule has 0 unspecified atom stereocenters. The maximum Gasteiger partial charge on any atom is 0.00968 e. The molecule has 0 aliphatic heterocycles. The summed E-state index contributed by atoms with van der Waals surface area (Å²) in [6.45, 7) is 10.4. The van der Waals surface area contributed by atoms with E-state index in [0.717, 1.165) is 5.92 Å². The van der Waals surface area contributed by atoms with Gasteiger partial charge in [-0.15, -0.1) is 0 Å². The van der Waals surface area contributed by atoms with Gasteiger partial charge in [-0.2, -0.15) is 0 Å². The number of nitrogens with one attached hydrogen (secondary N) is 1. The van der Waals surface area contributed by atoms with Crippen molar-refractivity contribution < 1.29 is 0 Å². The molecule has 2 aliphatic carbocycles. The molecule has 0 spiro atoms. The minimum Gasteiger partial charge on any atom is -0.311 e. The zero-order valence-corrected chi connectivity index (χ0v) is 12.8. The molecule has 1 N–H and O–H groups in total. The summed E-state index contributed by atoms with van der Waals surface area (Å²) in [7, 11) is 0. The second-order valence-electron chi connectivity index (χ2n) is 7.54. The maximum absolute atomic E-state index is 3.77. The van der Waals surface area contributed by atoms with Crippen LogP contribution in [-0.2, 0) is 0 Å². The van der Waals surface area contributed by atoms with Crippen molar-refractivity contribution in [3.8, 4) is 0 Å². The predicted molar refractivity (Wildman–Crippen MR) is 79.8 cm³/mol. The van der Waals surface area contributed by atoms with Crippen molar-refractivity contribution in [3.05, 3.63) is 11.6 Å². The van der Waals surface area contributed by atoms with E-state index in [2.05, 4.69) is 39.1 Å². The molecule has 0 radical (unpaired) electrons. The van der Waals surface area contributed by atoms with Gasteiger partial charge in [0.25, 0.3) is 0 Å². The van der Waals surface area contributed by atoms with Crippen molar-refractivity contribution in [2.75, 3.05) is 6.54 Å². The Hall–Kier alpha value is -0.300. The molecule has 1 saturated carbocycles. The van der Waals surface area contributed by atoms with E-state index in [-0.39, 0.29) is 5.54 Å². The normalized spacial score (nSPS) is 32.9. The summed E-state index contributed by atoms with van der Waals surface area (Å²) < 4.78 is 0. The third-order valence-electron chi connectivity index (χ3n) is 4.87. The highest BCUT2D eigenvalue weighted by molar-refractivity contribution is 5.22. The molecular weight excluding hydrogens is 218 g/mol. The lowest BCUT2D eigenvalue weighted by Gasteiger charge is -2.51. The minimum atomic E-state index is 0.250. The van der Waals surface area contributed by atoms with Crippen LogP contribution in [0.5, 0.6) is 0 Å². The fourth-order valence-corrected chi connectivity index (χ4v) is 3.61. The van der Waals surface area contributed by atoms with E-state index in [1.54, 1.807) is 5.57 Å². The van der Waals surface area contributed by atoms with Crippen molar-refractivity contribution in [1.29, 1.82) is 0 Å². The summed E-state index contributed by atoms with van der Waals surface area (Å²) in [6, 6.07) is 0. The highest BCUT2D eigenvalue weighted by atomic mass is 15.0. The number of hydrogen-bond acceptors (Lipinski definition) is 1. The lowest BCUT2D eigenvalue weighted by atomic mass is 9.56. The van der Waals surface area contributed by atoms with Gasteiger partial charge >= 0.3 is 0 Å². The summed E-state index contributed by atoms with van der Waals surface area (Å²) >= 11 is 0. The van der Waals surface area contributed by atoms with E-state index in [1.807, 2.05) is 0 Å². The smallest absolute Gasteiger partial charge is 0.00968 e. The van der Waals surface area contributed by atoms with Crippen molar-refractivity contribution in [1.82, 2.24) is 5.32 Å². The Kier molecular flexibility index (Phi) is 4.21. The van der Waals surface area contributed by atoms with Crippen LogP contribution in [-0.4, -0.2) is 12.1 Å². The van der Waals surface area contributed by atoms with Crippen molar-refractivity contribution in [3.63, 3.8) is 0 Å². The van der Waals surface area contributed by atoms with E-state index in [1.165, 1.54) is 51.5 Å². The van der Waals surface area contributed by atoms with Crippen LogP contribution in [0.3, 0.4) is 0 Å². The molecule has 1 fully saturated rings. The highest BCUT2D eigenvalue weighted by Gasteiger charge is 2.45. The Labute approximate surface area is 113 Å². The van der Waals surface area contributed by atoms with Gasteiger partial charge in [-0.25, -0.2) is 0 Å². The first-order chi connectivity index (χ1) is 8.45. The van der Waals surface area contributed by atoms with Gasteiger partial charge in [0.15, 0.2) is 0 Å². The number of rotatable bonds is 4. The van der Waals surface area contributed by atoms with Gasteiger partial charge in [0.2, 0.25) is 0 Å². The Morgan fingerprint density at radius 2 is 2.00 bits per heavy atom. The molecular formula is C17H31N. The lowest BCUT2D eigenvalue weighted by molar-refractivity contribution is 0.0771. The van der Waals surface area contributed by atoms with E-state index in [9.17, 15) is 0 Å². The molecule has 0 atom stereocenters. The first-order valence-corrected chi connectivity index (χ1v) is 7.90. The fraction of sp³-hybridized carbons (Fsp3) is 0.882. The Bertz CT molecular complexity index is 302. The molecule has 1 nitrogen and oxygen atoms in total. The van der Waals surface area contributed by atoms with Gasteiger partial charge in [0, 0.05) is 17.5 Å². The largest absolute Gasteiger partial charge is 0.311 e. The first-order valence-electron chi connectivity index (χ1n) is 7.90. The van der Waals surface area contributed by atoms with Gasteiger partial charge in [-0.1, -0.05) is 25.0 Å². The van der Waals surface area contributed by atoms with Crippen LogP contribution in [0.15, 0.2) is 11.6 Å². The average molecular weight is 249 g/mol. The molecule has 18 heavy (non-hydrogen) atoms. The van der Waals surface area contributed by atoms with E-state index in [0.29, 0.717) is 5.41 Å². The Balaban J connectivity index is 2.02. The molecule has 2 aliphatic rings. The third-order valence-corrected chi connectivity index (χ3v) is 4.87. The SMILES string of the molecule is CCC1CC(CNC(C)(C)C)(C2=CCCCC2)C1. The van der Waals surface area contributed by atoms with E-state index < -0.39 is 0 Å². The van der Waals surface area contributed by atoms with Gasteiger partial charge in [0.1, 0.15) is 0 Å². The number of hydrogen-bond donors (Lipinski definition) is 1. The van der Waals surface area contributed by atoms with Crippen molar-refractivity contribution >= 4 is 0 Å². The number of allylic oxidation sites excluding steroid dienone is 1. The Morgan fingerprint density at radius 3 is 2.50 bits per heavy atom. The summed E-state index contributed by atoms with van der Waals surface area (Å²) in [5.41, 5.74) is 2.56. The summed E-state index contributed by atoms with van der Waals surface area (Å²) in [5.74, 6) is 0.981.